The Morgan fingerprint density at radius 3 is 2.40 bits per heavy atom. The van der Waals surface area contributed by atoms with Crippen LogP contribution in [-0.2, 0) is 4.74 Å². The molecule has 1 saturated heterocycles. The van der Waals surface area contributed by atoms with Gasteiger partial charge in [-0.15, -0.1) is 0 Å². The smallest absolute Gasteiger partial charge is 0.203 e. The van der Waals surface area contributed by atoms with Gasteiger partial charge in [-0.2, -0.15) is 0 Å². The Labute approximate surface area is 120 Å². The summed E-state index contributed by atoms with van der Waals surface area (Å²) in [6, 6.07) is 4.11. The molecule has 1 fully saturated rings. The summed E-state index contributed by atoms with van der Waals surface area (Å²) in [6.45, 7) is 1.58. The van der Waals surface area contributed by atoms with E-state index in [0.29, 0.717) is 17.4 Å². The van der Waals surface area contributed by atoms with Crippen LogP contribution >= 0.6 is 0 Å². The van der Waals surface area contributed by atoms with Crippen molar-refractivity contribution >= 4 is 0 Å². The molecule has 0 amide bonds. The molecular weight excluding hydrogens is 258 g/mol. The third-order valence-corrected chi connectivity index (χ3v) is 3.82. The third-order valence-electron chi connectivity index (χ3n) is 3.82. The van der Waals surface area contributed by atoms with Crippen LogP contribution in [0, 0.1) is 5.92 Å². The van der Waals surface area contributed by atoms with E-state index >= 15 is 0 Å². The summed E-state index contributed by atoms with van der Waals surface area (Å²) >= 11 is 0. The van der Waals surface area contributed by atoms with Gasteiger partial charge >= 0.3 is 0 Å². The van der Waals surface area contributed by atoms with E-state index in [2.05, 4.69) is 5.32 Å². The Morgan fingerprint density at radius 2 is 1.90 bits per heavy atom. The zero-order valence-corrected chi connectivity index (χ0v) is 12.6. The molecule has 2 unspecified atom stereocenters. The summed E-state index contributed by atoms with van der Waals surface area (Å²) in [4.78, 5) is 0. The average Bonchev–Trinajstić information content (AvgIpc) is 3.01. The normalized spacial score (nSPS) is 19.7. The molecule has 1 N–H and O–H groups in total. The highest BCUT2D eigenvalue weighted by Crippen LogP contribution is 2.44. The van der Waals surface area contributed by atoms with E-state index in [1.54, 1.807) is 21.3 Å². The lowest BCUT2D eigenvalue weighted by molar-refractivity contribution is 0.177. The third kappa shape index (κ3) is 2.69. The van der Waals surface area contributed by atoms with E-state index in [1.807, 2.05) is 19.2 Å². The standard InChI is InChI=1S/C15H23NO4/c1-16-13(10-7-8-20-9-10)11-5-6-12(17-2)15(19-4)14(11)18-3/h5-6,10,13,16H,7-9H2,1-4H3. The number of methoxy groups -OCH3 is 3. The second-order valence-corrected chi connectivity index (χ2v) is 4.81. The van der Waals surface area contributed by atoms with Crippen molar-refractivity contribution in [2.45, 2.75) is 12.5 Å². The number of benzene rings is 1. The summed E-state index contributed by atoms with van der Waals surface area (Å²) in [7, 11) is 6.85. The van der Waals surface area contributed by atoms with Gasteiger partial charge in [-0.05, 0) is 25.6 Å². The molecule has 0 saturated carbocycles. The summed E-state index contributed by atoms with van der Waals surface area (Å²) < 4.78 is 21.8. The summed E-state index contributed by atoms with van der Waals surface area (Å²) in [6.07, 6.45) is 1.04. The van der Waals surface area contributed by atoms with Crippen molar-refractivity contribution in [2.24, 2.45) is 5.92 Å². The quantitative estimate of drug-likeness (QED) is 0.864. The fraction of sp³-hybridized carbons (Fsp3) is 0.600. The lowest BCUT2D eigenvalue weighted by Gasteiger charge is -2.25. The SMILES string of the molecule is CNC(c1ccc(OC)c(OC)c1OC)C1CCOC1. The molecule has 1 heterocycles. The van der Waals surface area contributed by atoms with Gasteiger partial charge in [0.05, 0.1) is 27.9 Å². The molecule has 1 aliphatic heterocycles. The van der Waals surface area contributed by atoms with Gasteiger partial charge in [0.15, 0.2) is 11.5 Å². The Kier molecular flexibility index (Phi) is 5.09. The summed E-state index contributed by atoms with van der Waals surface area (Å²) in [5.41, 5.74) is 1.07. The van der Waals surface area contributed by atoms with Gasteiger partial charge in [-0.3, -0.25) is 0 Å². The van der Waals surface area contributed by atoms with Crippen molar-refractivity contribution in [1.29, 1.82) is 0 Å². The predicted molar refractivity (Wildman–Crippen MR) is 76.8 cm³/mol. The number of rotatable bonds is 6. The van der Waals surface area contributed by atoms with E-state index in [-0.39, 0.29) is 6.04 Å². The van der Waals surface area contributed by atoms with Gasteiger partial charge < -0.3 is 24.3 Å². The molecule has 5 nitrogen and oxygen atoms in total. The molecule has 1 aromatic rings. The Balaban J connectivity index is 2.43. The highest BCUT2D eigenvalue weighted by molar-refractivity contribution is 5.56. The monoisotopic (exact) mass is 281 g/mol. The van der Waals surface area contributed by atoms with E-state index in [9.17, 15) is 0 Å². The van der Waals surface area contributed by atoms with Crippen LogP contribution < -0.4 is 19.5 Å². The first-order chi connectivity index (χ1) is 9.76. The van der Waals surface area contributed by atoms with Crippen molar-refractivity contribution in [3.05, 3.63) is 17.7 Å². The van der Waals surface area contributed by atoms with E-state index in [4.69, 9.17) is 18.9 Å². The minimum atomic E-state index is 0.173. The molecule has 2 atom stereocenters. The molecule has 0 bridgehead atoms. The zero-order chi connectivity index (χ0) is 14.5. The second-order valence-electron chi connectivity index (χ2n) is 4.81. The molecule has 20 heavy (non-hydrogen) atoms. The molecule has 2 rings (SSSR count). The van der Waals surface area contributed by atoms with E-state index < -0.39 is 0 Å². The van der Waals surface area contributed by atoms with Crippen LogP contribution in [0.4, 0.5) is 0 Å². The fourth-order valence-electron chi connectivity index (χ4n) is 2.83. The molecular formula is C15H23NO4. The number of hydrogen-bond donors (Lipinski definition) is 1. The first kappa shape index (κ1) is 14.9. The molecule has 0 spiro atoms. The van der Waals surface area contributed by atoms with E-state index in [0.717, 1.165) is 30.9 Å². The van der Waals surface area contributed by atoms with Gasteiger partial charge in [-0.1, -0.05) is 0 Å². The van der Waals surface area contributed by atoms with Gasteiger partial charge in [0.2, 0.25) is 5.75 Å². The molecule has 1 aromatic carbocycles. The van der Waals surface area contributed by atoms with Crippen LogP contribution in [0.2, 0.25) is 0 Å². The average molecular weight is 281 g/mol. The fourth-order valence-corrected chi connectivity index (χ4v) is 2.83. The Bertz CT molecular complexity index is 444. The first-order valence-electron chi connectivity index (χ1n) is 6.80. The number of ether oxygens (including phenoxy) is 4. The van der Waals surface area contributed by atoms with Crippen molar-refractivity contribution in [3.63, 3.8) is 0 Å². The largest absolute Gasteiger partial charge is 0.493 e. The Morgan fingerprint density at radius 1 is 1.15 bits per heavy atom. The molecule has 1 aliphatic rings. The van der Waals surface area contributed by atoms with Crippen LogP contribution in [-0.4, -0.2) is 41.6 Å². The van der Waals surface area contributed by atoms with Crippen molar-refractivity contribution in [3.8, 4) is 17.2 Å². The lowest BCUT2D eigenvalue weighted by Crippen LogP contribution is -2.26. The van der Waals surface area contributed by atoms with Crippen LogP contribution in [0.25, 0.3) is 0 Å². The molecule has 5 heteroatoms. The van der Waals surface area contributed by atoms with Crippen LogP contribution in [0.1, 0.15) is 18.0 Å². The van der Waals surface area contributed by atoms with Crippen LogP contribution in [0.3, 0.4) is 0 Å². The van der Waals surface area contributed by atoms with Gasteiger partial charge in [0.25, 0.3) is 0 Å². The van der Waals surface area contributed by atoms with Gasteiger partial charge in [0.1, 0.15) is 0 Å². The molecule has 0 radical (unpaired) electrons. The van der Waals surface area contributed by atoms with Crippen LogP contribution in [0.5, 0.6) is 17.2 Å². The predicted octanol–water partition coefficient (Wildman–Crippen LogP) is 2.01. The highest BCUT2D eigenvalue weighted by Gasteiger charge is 2.30. The molecule has 0 aliphatic carbocycles. The second kappa shape index (κ2) is 6.81. The van der Waals surface area contributed by atoms with Crippen molar-refractivity contribution in [1.82, 2.24) is 5.32 Å². The maximum Gasteiger partial charge on any atom is 0.203 e. The molecule has 0 aromatic heterocycles. The maximum absolute atomic E-state index is 5.57. The van der Waals surface area contributed by atoms with Crippen molar-refractivity contribution in [2.75, 3.05) is 41.6 Å². The first-order valence-corrected chi connectivity index (χ1v) is 6.80. The number of hydrogen-bond acceptors (Lipinski definition) is 5. The highest BCUT2D eigenvalue weighted by atomic mass is 16.5. The van der Waals surface area contributed by atoms with Crippen molar-refractivity contribution < 1.29 is 18.9 Å². The summed E-state index contributed by atoms with van der Waals surface area (Å²) in [5.74, 6) is 2.46. The minimum Gasteiger partial charge on any atom is -0.493 e. The topological polar surface area (TPSA) is 49.0 Å². The maximum atomic E-state index is 5.57. The van der Waals surface area contributed by atoms with Gasteiger partial charge in [0, 0.05) is 24.1 Å². The van der Waals surface area contributed by atoms with E-state index in [1.165, 1.54) is 0 Å². The molecule has 112 valence electrons. The van der Waals surface area contributed by atoms with Crippen LogP contribution in [0.15, 0.2) is 12.1 Å². The number of nitrogens with one attached hydrogen (secondary N) is 1. The zero-order valence-electron chi connectivity index (χ0n) is 12.6. The van der Waals surface area contributed by atoms with Gasteiger partial charge in [-0.25, -0.2) is 0 Å². The minimum absolute atomic E-state index is 0.173. The lowest BCUT2D eigenvalue weighted by atomic mass is 9.91. The Hall–Kier alpha value is -1.46. The summed E-state index contributed by atoms with van der Waals surface area (Å²) in [5, 5.41) is 3.37.